The topological polar surface area (TPSA) is 20.3 Å². The van der Waals surface area contributed by atoms with E-state index in [1.54, 1.807) is 12.1 Å². The highest BCUT2D eigenvalue weighted by atomic mass is 79.9. The molecule has 0 N–H and O–H groups in total. The molecule has 1 aromatic carbocycles. The van der Waals surface area contributed by atoms with Crippen molar-refractivity contribution >= 4 is 21.8 Å². The van der Waals surface area contributed by atoms with Crippen molar-refractivity contribution in [2.75, 3.05) is 6.54 Å². The van der Waals surface area contributed by atoms with E-state index in [1.165, 1.54) is 6.07 Å². The van der Waals surface area contributed by atoms with E-state index in [0.717, 1.165) is 24.9 Å². The van der Waals surface area contributed by atoms with Crippen molar-refractivity contribution in [3.8, 4) is 0 Å². The number of carbonyl (C=O) groups is 1. The van der Waals surface area contributed by atoms with Gasteiger partial charge in [-0.25, -0.2) is 4.39 Å². The van der Waals surface area contributed by atoms with Crippen molar-refractivity contribution < 1.29 is 9.18 Å². The van der Waals surface area contributed by atoms with Crippen LogP contribution < -0.4 is 0 Å². The van der Waals surface area contributed by atoms with Gasteiger partial charge < -0.3 is 4.90 Å². The first-order chi connectivity index (χ1) is 9.77. The molecule has 0 radical (unpaired) electrons. The number of hydrogen-bond donors (Lipinski definition) is 0. The summed E-state index contributed by atoms with van der Waals surface area (Å²) in [5.74, 6) is 0.516. The third-order valence-electron chi connectivity index (χ3n) is 4.39. The van der Waals surface area contributed by atoms with Crippen molar-refractivity contribution in [2.24, 2.45) is 11.3 Å². The molecule has 1 unspecified atom stereocenters. The first-order valence-electron chi connectivity index (χ1n) is 7.49. The number of nitrogens with zero attached hydrogens (tertiary/aromatic N) is 1. The number of rotatable bonds is 2. The molecule has 4 heteroatoms. The van der Waals surface area contributed by atoms with E-state index in [9.17, 15) is 9.18 Å². The van der Waals surface area contributed by atoms with Crippen molar-refractivity contribution in [3.63, 3.8) is 0 Å². The van der Waals surface area contributed by atoms with Gasteiger partial charge in [0.15, 0.2) is 0 Å². The lowest BCUT2D eigenvalue weighted by Gasteiger charge is -2.29. The lowest BCUT2D eigenvalue weighted by molar-refractivity contribution is -0.131. The standard InChI is InChI=1S/C17H23BrFNO/c1-17(2,3)13-5-7-16(21)20(9-8-13)11-12-4-6-15(19)14(18)10-12/h4,6,10,13H,5,7-9,11H2,1-3H3. The van der Waals surface area contributed by atoms with Gasteiger partial charge in [-0.15, -0.1) is 0 Å². The Morgan fingerprint density at radius 2 is 2.05 bits per heavy atom. The summed E-state index contributed by atoms with van der Waals surface area (Å²) < 4.78 is 13.7. The van der Waals surface area contributed by atoms with Gasteiger partial charge in [-0.1, -0.05) is 26.8 Å². The van der Waals surface area contributed by atoms with Crippen LogP contribution in [-0.4, -0.2) is 17.4 Å². The molecule has 0 aromatic heterocycles. The summed E-state index contributed by atoms with van der Waals surface area (Å²) in [6.07, 6.45) is 2.62. The molecule has 1 saturated heterocycles. The largest absolute Gasteiger partial charge is 0.338 e. The number of carbonyl (C=O) groups excluding carboxylic acids is 1. The number of amides is 1. The maximum absolute atomic E-state index is 13.3. The monoisotopic (exact) mass is 355 g/mol. The fraction of sp³-hybridized carbons (Fsp3) is 0.588. The quantitative estimate of drug-likeness (QED) is 0.748. The summed E-state index contributed by atoms with van der Waals surface area (Å²) in [5, 5.41) is 0. The Morgan fingerprint density at radius 3 is 2.67 bits per heavy atom. The molecule has 116 valence electrons. The molecule has 1 fully saturated rings. The molecule has 0 spiro atoms. The summed E-state index contributed by atoms with van der Waals surface area (Å²) in [6.45, 7) is 8.09. The summed E-state index contributed by atoms with van der Waals surface area (Å²) in [4.78, 5) is 14.2. The third-order valence-corrected chi connectivity index (χ3v) is 5.00. The predicted molar refractivity (Wildman–Crippen MR) is 86.3 cm³/mol. The molecule has 1 aromatic rings. The van der Waals surface area contributed by atoms with Gasteiger partial charge in [0.1, 0.15) is 5.82 Å². The Balaban J connectivity index is 2.06. The van der Waals surface area contributed by atoms with Crippen LogP contribution in [-0.2, 0) is 11.3 Å². The highest BCUT2D eigenvalue weighted by Gasteiger charge is 2.29. The van der Waals surface area contributed by atoms with Crippen LogP contribution in [0.3, 0.4) is 0 Å². The van der Waals surface area contributed by atoms with Gasteiger partial charge in [0.25, 0.3) is 0 Å². The second-order valence-corrected chi connectivity index (χ2v) is 7.81. The Hall–Kier alpha value is -0.900. The minimum atomic E-state index is -0.270. The molecule has 2 rings (SSSR count). The highest BCUT2D eigenvalue weighted by molar-refractivity contribution is 9.10. The molecular formula is C17H23BrFNO. The van der Waals surface area contributed by atoms with Gasteiger partial charge in [-0.05, 0) is 57.8 Å². The highest BCUT2D eigenvalue weighted by Crippen LogP contribution is 2.34. The first-order valence-corrected chi connectivity index (χ1v) is 8.28. The van der Waals surface area contributed by atoms with Gasteiger partial charge in [-0.3, -0.25) is 4.79 Å². The molecule has 2 nitrogen and oxygen atoms in total. The van der Waals surface area contributed by atoms with Crippen molar-refractivity contribution in [1.82, 2.24) is 4.90 Å². The van der Waals surface area contributed by atoms with Gasteiger partial charge in [0.2, 0.25) is 5.91 Å². The number of hydrogen-bond acceptors (Lipinski definition) is 1. The molecule has 0 bridgehead atoms. The van der Waals surface area contributed by atoms with Crippen molar-refractivity contribution in [1.29, 1.82) is 0 Å². The first kappa shape index (κ1) is 16.5. The Morgan fingerprint density at radius 1 is 1.33 bits per heavy atom. The summed E-state index contributed by atoms with van der Waals surface area (Å²) in [6, 6.07) is 4.95. The molecule has 21 heavy (non-hydrogen) atoms. The van der Waals surface area contributed by atoms with Crippen LogP contribution in [0.5, 0.6) is 0 Å². The fourth-order valence-electron chi connectivity index (χ4n) is 2.93. The molecule has 0 saturated carbocycles. The lowest BCUT2D eigenvalue weighted by atomic mass is 9.77. The molecule has 1 aliphatic heterocycles. The minimum absolute atomic E-state index is 0.210. The van der Waals surface area contributed by atoms with Crippen LogP contribution >= 0.6 is 15.9 Å². The maximum Gasteiger partial charge on any atom is 0.222 e. The Labute approximate surface area is 134 Å². The van der Waals surface area contributed by atoms with Crippen LogP contribution in [0.1, 0.15) is 45.6 Å². The second-order valence-electron chi connectivity index (χ2n) is 6.95. The van der Waals surface area contributed by atoms with E-state index in [2.05, 4.69) is 36.7 Å². The molecule has 1 aliphatic rings. The lowest BCUT2D eigenvalue weighted by Crippen LogP contribution is -2.30. The van der Waals surface area contributed by atoms with E-state index < -0.39 is 0 Å². The van der Waals surface area contributed by atoms with Gasteiger partial charge in [0.05, 0.1) is 4.47 Å². The number of likely N-dealkylation sites (tertiary alicyclic amines) is 1. The fourth-order valence-corrected chi connectivity index (χ4v) is 3.35. The summed E-state index contributed by atoms with van der Waals surface area (Å²) in [7, 11) is 0. The Kier molecular flexibility index (Phi) is 5.07. The van der Waals surface area contributed by atoms with Crippen molar-refractivity contribution in [2.45, 2.75) is 46.6 Å². The predicted octanol–water partition coefficient (Wildman–Crippen LogP) is 4.76. The van der Waals surface area contributed by atoms with Gasteiger partial charge in [-0.2, -0.15) is 0 Å². The van der Waals surface area contributed by atoms with E-state index in [4.69, 9.17) is 0 Å². The van der Waals surface area contributed by atoms with Crippen LogP contribution in [0.2, 0.25) is 0 Å². The van der Waals surface area contributed by atoms with E-state index in [0.29, 0.717) is 23.4 Å². The second kappa shape index (κ2) is 6.47. The number of halogens is 2. The van der Waals surface area contributed by atoms with Crippen LogP contribution in [0.25, 0.3) is 0 Å². The average Bonchev–Trinajstić information content (AvgIpc) is 2.57. The minimum Gasteiger partial charge on any atom is -0.338 e. The zero-order chi connectivity index (χ0) is 15.6. The van der Waals surface area contributed by atoms with Gasteiger partial charge in [0, 0.05) is 19.5 Å². The molecule has 0 aliphatic carbocycles. The van der Waals surface area contributed by atoms with Crippen LogP contribution in [0.4, 0.5) is 4.39 Å². The summed E-state index contributed by atoms with van der Waals surface area (Å²) >= 11 is 3.20. The van der Waals surface area contributed by atoms with Crippen LogP contribution in [0.15, 0.2) is 22.7 Å². The van der Waals surface area contributed by atoms with Crippen molar-refractivity contribution in [3.05, 3.63) is 34.1 Å². The third kappa shape index (κ3) is 4.29. The Bertz CT molecular complexity index is 524. The van der Waals surface area contributed by atoms with Crippen LogP contribution in [0, 0.1) is 17.2 Å². The normalized spacial score (nSPS) is 20.5. The smallest absolute Gasteiger partial charge is 0.222 e. The molecular weight excluding hydrogens is 333 g/mol. The van der Waals surface area contributed by atoms with E-state index in [-0.39, 0.29) is 17.1 Å². The SMILES string of the molecule is CC(C)(C)C1CCC(=O)N(Cc2ccc(F)c(Br)c2)CC1. The van der Waals surface area contributed by atoms with E-state index in [1.807, 2.05) is 4.90 Å². The molecule has 1 atom stereocenters. The molecule has 1 heterocycles. The molecule has 1 amide bonds. The van der Waals surface area contributed by atoms with E-state index >= 15 is 0 Å². The summed E-state index contributed by atoms with van der Waals surface area (Å²) in [5.41, 5.74) is 1.21. The number of benzene rings is 1. The van der Waals surface area contributed by atoms with Gasteiger partial charge >= 0.3 is 0 Å². The average molecular weight is 356 g/mol. The zero-order valence-electron chi connectivity index (χ0n) is 13.0. The maximum atomic E-state index is 13.3. The zero-order valence-corrected chi connectivity index (χ0v) is 14.5.